The van der Waals surface area contributed by atoms with Gasteiger partial charge in [0.25, 0.3) is 11.5 Å². The van der Waals surface area contributed by atoms with Gasteiger partial charge in [-0.05, 0) is 36.1 Å². The van der Waals surface area contributed by atoms with Crippen molar-refractivity contribution in [2.24, 2.45) is 0 Å². The highest BCUT2D eigenvalue weighted by Crippen LogP contribution is 2.18. The second-order valence-electron chi connectivity index (χ2n) is 6.42. The summed E-state index contributed by atoms with van der Waals surface area (Å²) in [5, 5.41) is 2.87. The van der Waals surface area contributed by atoms with Crippen LogP contribution in [0.5, 0.6) is 0 Å². The number of carbonyl (C=O) groups excluding carboxylic acids is 1. The number of pyridine rings is 1. The second kappa shape index (κ2) is 6.89. The smallest absolute Gasteiger partial charge is 0.270 e. The molecule has 0 aliphatic carbocycles. The molecule has 25 heavy (non-hydrogen) atoms. The zero-order chi connectivity index (χ0) is 18.0. The number of hydrogen-bond acceptors (Lipinski definition) is 3. The predicted molar refractivity (Wildman–Crippen MR) is 97.9 cm³/mol. The van der Waals surface area contributed by atoms with Crippen molar-refractivity contribution in [2.75, 3.05) is 0 Å². The molecule has 5 nitrogen and oxygen atoms in total. The molecule has 1 amide bonds. The highest BCUT2D eigenvalue weighted by molar-refractivity contribution is 5.94. The molecule has 0 bridgehead atoms. The number of rotatable bonds is 4. The first-order chi connectivity index (χ1) is 12.0. The standard InChI is InChI=1S/C20H21N3O2/c1-13(2)15-7-9-16(10-8-15)14(3)22-19(24)17-12-21-18-6-4-5-11-23(18)20(17)25/h4-14H,1-3H3,(H,22,24). The Morgan fingerprint density at radius 2 is 1.72 bits per heavy atom. The van der Waals surface area contributed by atoms with E-state index in [2.05, 4.69) is 36.3 Å². The number of nitrogens with zero attached hydrogens (tertiary/aromatic N) is 2. The van der Waals surface area contributed by atoms with Crippen LogP contribution in [0.1, 0.15) is 54.2 Å². The SMILES string of the molecule is CC(C)c1ccc(C(C)NC(=O)c2cnc3ccccn3c2=O)cc1. The Bertz CT molecular complexity index is 959. The average Bonchev–Trinajstić information content (AvgIpc) is 2.62. The lowest BCUT2D eigenvalue weighted by Crippen LogP contribution is -2.33. The summed E-state index contributed by atoms with van der Waals surface area (Å²) in [6.07, 6.45) is 2.94. The van der Waals surface area contributed by atoms with Gasteiger partial charge in [-0.1, -0.05) is 44.2 Å². The van der Waals surface area contributed by atoms with Gasteiger partial charge in [0.05, 0.1) is 6.04 Å². The predicted octanol–water partition coefficient (Wildman–Crippen LogP) is 3.31. The van der Waals surface area contributed by atoms with E-state index < -0.39 is 5.91 Å². The molecule has 2 aromatic heterocycles. The van der Waals surface area contributed by atoms with Crippen LogP contribution in [-0.4, -0.2) is 15.3 Å². The van der Waals surface area contributed by atoms with Crippen LogP contribution in [0.25, 0.3) is 5.65 Å². The summed E-state index contributed by atoms with van der Waals surface area (Å²) in [5.74, 6) is 0.0406. The van der Waals surface area contributed by atoms with Crippen molar-refractivity contribution in [2.45, 2.75) is 32.7 Å². The van der Waals surface area contributed by atoms with Crippen molar-refractivity contribution in [1.82, 2.24) is 14.7 Å². The number of nitrogens with one attached hydrogen (secondary N) is 1. The fraction of sp³-hybridized carbons (Fsp3) is 0.250. The van der Waals surface area contributed by atoms with Crippen LogP contribution in [0, 0.1) is 0 Å². The number of benzene rings is 1. The van der Waals surface area contributed by atoms with Gasteiger partial charge in [0.2, 0.25) is 0 Å². The molecular formula is C20H21N3O2. The molecule has 1 unspecified atom stereocenters. The van der Waals surface area contributed by atoms with Crippen molar-refractivity contribution < 1.29 is 4.79 Å². The fourth-order valence-corrected chi connectivity index (χ4v) is 2.71. The van der Waals surface area contributed by atoms with E-state index in [9.17, 15) is 9.59 Å². The van der Waals surface area contributed by atoms with E-state index in [0.29, 0.717) is 11.6 Å². The Hall–Kier alpha value is -2.95. The van der Waals surface area contributed by atoms with E-state index in [0.717, 1.165) is 5.56 Å². The minimum Gasteiger partial charge on any atom is -0.345 e. The molecule has 2 heterocycles. The van der Waals surface area contributed by atoms with Gasteiger partial charge in [0, 0.05) is 12.4 Å². The lowest BCUT2D eigenvalue weighted by atomic mass is 9.99. The molecule has 0 saturated heterocycles. The molecule has 5 heteroatoms. The maximum Gasteiger partial charge on any atom is 0.270 e. The van der Waals surface area contributed by atoms with E-state index in [1.807, 2.05) is 19.1 Å². The third-order valence-corrected chi connectivity index (χ3v) is 4.31. The summed E-state index contributed by atoms with van der Waals surface area (Å²) < 4.78 is 1.37. The molecular weight excluding hydrogens is 314 g/mol. The van der Waals surface area contributed by atoms with E-state index in [-0.39, 0.29) is 17.2 Å². The molecule has 0 fully saturated rings. The summed E-state index contributed by atoms with van der Waals surface area (Å²) in [6.45, 7) is 6.18. The number of fused-ring (bicyclic) bond motifs is 1. The molecule has 128 valence electrons. The number of hydrogen-bond donors (Lipinski definition) is 1. The normalized spacial score (nSPS) is 12.3. The minimum absolute atomic E-state index is 0.0364. The van der Waals surface area contributed by atoms with Gasteiger partial charge >= 0.3 is 0 Å². The number of amides is 1. The Labute approximate surface area is 146 Å². The van der Waals surface area contributed by atoms with E-state index >= 15 is 0 Å². The molecule has 1 aromatic carbocycles. The molecule has 0 radical (unpaired) electrons. The van der Waals surface area contributed by atoms with Crippen LogP contribution in [0.15, 0.2) is 59.7 Å². The van der Waals surface area contributed by atoms with Gasteiger partial charge in [-0.15, -0.1) is 0 Å². The van der Waals surface area contributed by atoms with Crippen LogP contribution in [0.2, 0.25) is 0 Å². The van der Waals surface area contributed by atoms with Gasteiger partial charge in [-0.25, -0.2) is 4.98 Å². The van der Waals surface area contributed by atoms with Gasteiger partial charge in [0.1, 0.15) is 11.2 Å². The lowest BCUT2D eigenvalue weighted by molar-refractivity contribution is 0.0938. The monoisotopic (exact) mass is 335 g/mol. The van der Waals surface area contributed by atoms with Gasteiger partial charge < -0.3 is 5.32 Å². The van der Waals surface area contributed by atoms with Crippen molar-refractivity contribution in [3.63, 3.8) is 0 Å². The summed E-state index contributed by atoms with van der Waals surface area (Å²) in [6, 6.07) is 13.2. The van der Waals surface area contributed by atoms with Gasteiger partial charge in [-0.3, -0.25) is 14.0 Å². The zero-order valence-electron chi connectivity index (χ0n) is 14.6. The van der Waals surface area contributed by atoms with Crippen molar-refractivity contribution in [3.05, 3.63) is 81.9 Å². The van der Waals surface area contributed by atoms with Gasteiger partial charge in [-0.2, -0.15) is 0 Å². The Morgan fingerprint density at radius 3 is 2.40 bits per heavy atom. The number of aromatic nitrogens is 2. The minimum atomic E-state index is -0.420. The topological polar surface area (TPSA) is 63.5 Å². The van der Waals surface area contributed by atoms with E-state index in [1.165, 1.54) is 16.2 Å². The number of carbonyl (C=O) groups is 1. The third kappa shape index (κ3) is 3.45. The average molecular weight is 335 g/mol. The summed E-state index contributed by atoms with van der Waals surface area (Å²) >= 11 is 0. The Balaban J connectivity index is 1.82. The van der Waals surface area contributed by atoms with Crippen molar-refractivity contribution >= 4 is 11.6 Å². The maximum absolute atomic E-state index is 12.5. The fourth-order valence-electron chi connectivity index (χ4n) is 2.71. The highest BCUT2D eigenvalue weighted by Gasteiger charge is 2.16. The Kier molecular flexibility index (Phi) is 4.65. The Morgan fingerprint density at radius 1 is 1.04 bits per heavy atom. The van der Waals surface area contributed by atoms with Crippen LogP contribution < -0.4 is 10.9 Å². The van der Waals surface area contributed by atoms with E-state index in [4.69, 9.17) is 0 Å². The summed E-state index contributed by atoms with van der Waals surface area (Å²) in [7, 11) is 0. The van der Waals surface area contributed by atoms with Crippen molar-refractivity contribution in [1.29, 1.82) is 0 Å². The quantitative estimate of drug-likeness (QED) is 0.795. The largest absolute Gasteiger partial charge is 0.345 e. The third-order valence-electron chi connectivity index (χ3n) is 4.31. The first-order valence-electron chi connectivity index (χ1n) is 8.34. The van der Waals surface area contributed by atoms with Gasteiger partial charge in [0.15, 0.2) is 0 Å². The molecule has 3 rings (SSSR count). The van der Waals surface area contributed by atoms with Crippen LogP contribution >= 0.6 is 0 Å². The molecule has 0 spiro atoms. The first-order valence-corrected chi connectivity index (χ1v) is 8.34. The van der Waals surface area contributed by atoms with Crippen LogP contribution in [-0.2, 0) is 0 Å². The molecule has 0 aliphatic heterocycles. The highest BCUT2D eigenvalue weighted by atomic mass is 16.2. The second-order valence-corrected chi connectivity index (χ2v) is 6.42. The van der Waals surface area contributed by atoms with Crippen molar-refractivity contribution in [3.8, 4) is 0 Å². The first kappa shape index (κ1) is 16.9. The zero-order valence-corrected chi connectivity index (χ0v) is 14.6. The van der Waals surface area contributed by atoms with Crippen LogP contribution in [0.4, 0.5) is 0 Å². The van der Waals surface area contributed by atoms with Crippen LogP contribution in [0.3, 0.4) is 0 Å². The van der Waals surface area contributed by atoms with E-state index in [1.54, 1.807) is 24.4 Å². The molecule has 0 aliphatic rings. The molecule has 3 aromatic rings. The molecule has 1 atom stereocenters. The lowest BCUT2D eigenvalue weighted by Gasteiger charge is -2.15. The summed E-state index contributed by atoms with van der Waals surface area (Å²) in [5.41, 5.74) is 2.42. The molecule has 0 saturated carbocycles. The summed E-state index contributed by atoms with van der Waals surface area (Å²) in [4.78, 5) is 29.1. The maximum atomic E-state index is 12.5. The molecule has 1 N–H and O–H groups in total.